The minimum absolute atomic E-state index is 0.0307. The van der Waals surface area contributed by atoms with Crippen LogP contribution in [0.3, 0.4) is 0 Å². The molecule has 15 heavy (non-hydrogen) atoms. The van der Waals surface area contributed by atoms with Gasteiger partial charge < -0.3 is 0 Å². The van der Waals surface area contributed by atoms with E-state index in [0.717, 1.165) is 6.20 Å². The van der Waals surface area contributed by atoms with Crippen molar-refractivity contribution in [3.05, 3.63) is 60.7 Å². The van der Waals surface area contributed by atoms with Crippen LogP contribution in [0, 0.1) is 17.1 Å². The number of pyridine rings is 1. The second kappa shape index (κ2) is 4.87. The van der Waals surface area contributed by atoms with Crippen LogP contribution in [0.4, 0.5) is 4.39 Å². The molecule has 0 aliphatic rings. The highest BCUT2D eigenvalue weighted by Crippen LogP contribution is 2.15. The van der Waals surface area contributed by atoms with Crippen LogP contribution < -0.4 is 0 Å². The van der Waals surface area contributed by atoms with Gasteiger partial charge in [-0.25, -0.2) is 4.39 Å². The smallest absolute Gasteiger partial charge is 0.159 e. The highest BCUT2D eigenvalue weighted by molar-refractivity contribution is 5.72. The van der Waals surface area contributed by atoms with Gasteiger partial charge in [-0.3, -0.25) is 4.98 Å². The first-order chi connectivity index (χ1) is 7.22. The fraction of sp³-hybridized carbons (Fsp3) is 0. The molecular weight excluding hydrogens is 191 g/mol. The van der Waals surface area contributed by atoms with Crippen molar-refractivity contribution < 1.29 is 4.39 Å². The van der Waals surface area contributed by atoms with Crippen molar-refractivity contribution in [3.8, 4) is 6.07 Å². The molecular formula is C12H9FN2. The van der Waals surface area contributed by atoms with Crippen LogP contribution in [0.2, 0.25) is 0 Å². The van der Waals surface area contributed by atoms with Crippen LogP contribution >= 0.6 is 0 Å². The van der Waals surface area contributed by atoms with Gasteiger partial charge in [-0.15, -0.1) is 0 Å². The molecule has 1 aromatic heterocycles. The lowest BCUT2D eigenvalue weighted by molar-refractivity contribution is 0.617. The molecule has 0 amide bonds. The van der Waals surface area contributed by atoms with Crippen LogP contribution in [-0.2, 0) is 0 Å². The van der Waals surface area contributed by atoms with E-state index in [0.29, 0.717) is 11.3 Å². The predicted molar refractivity (Wildman–Crippen MR) is 57.3 cm³/mol. The topological polar surface area (TPSA) is 36.7 Å². The maximum absolute atomic E-state index is 13.0. The van der Waals surface area contributed by atoms with Gasteiger partial charge >= 0.3 is 0 Å². The highest BCUT2D eigenvalue weighted by atomic mass is 19.1. The molecule has 0 aromatic carbocycles. The summed E-state index contributed by atoms with van der Waals surface area (Å²) < 4.78 is 13.0. The van der Waals surface area contributed by atoms with Gasteiger partial charge in [0.1, 0.15) is 6.07 Å². The molecule has 0 spiro atoms. The number of halogens is 1. The van der Waals surface area contributed by atoms with Crippen molar-refractivity contribution in [1.82, 2.24) is 4.98 Å². The zero-order valence-electron chi connectivity index (χ0n) is 8.07. The summed E-state index contributed by atoms with van der Waals surface area (Å²) in [5.41, 5.74) is 1.17. The molecule has 0 saturated heterocycles. The average Bonchev–Trinajstić information content (AvgIpc) is 2.27. The molecule has 0 unspecified atom stereocenters. The van der Waals surface area contributed by atoms with Crippen LogP contribution in [0.1, 0.15) is 11.3 Å². The van der Waals surface area contributed by atoms with E-state index in [4.69, 9.17) is 5.26 Å². The minimum Gasteiger partial charge on any atom is -0.253 e. The molecule has 2 nitrogen and oxygen atoms in total. The second-order valence-electron chi connectivity index (χ2n) is 2.72. The Hall–Kier alpha value is -2.21. The molecule has 74 valence electrons. The van der Waals surface area contributed by atoms with Gasteiger partial charge in [0.25, 0.3) is 0 Å². The predicted octanol–water partition coefficient (Wildman–Crippen LogP) is 2.85. The Kier molecular flexibility index (Phi) is 3.53. The van der Waals surface area contributed by atoms with E-state index in [1.54, 1.807) is 24.3 Å². The average molecular weight is 200 g/mol. The van der Waals surface area contributed by atoms with Crippen LogP contribution in [0.15, 0.2) is 43.6 Å². The lowest BCUT2D eigenvalue weighted by Gasteiger charge is -2.01. The zero-order chi connectivity index (χ0) is 11.3. The van der Waals surface area contributed by atoms with E-state index >= 15 is 0 Å². The normalized spacial score (nSPS) is 10.5. The SMILES string of the molecule is C=C/C=C(\C=C)c1cc(C#N)c(F)cn1. The molecule has 0 aliphatic heterocycles. The largest absolute Gasteiger partial charge is 0.253 e. The summed E-state index contributed by atoms with van der Waals surface area (Å²) in [6.45, 7) is 7.14. The maximum atomic E-state index is 13.0. The number of hydrogen-bond donors (Lipinski definition) is 0. The third-order valence-electron chi connectivity index (χ3n) is 1.79. The third-order valence-corrected chi connectivity index (χ3v) is 1.79. The Morgan fingerprint density at radius 2 is 2.27 bits per heavy atom. The van der Waals surface area contributed by atoms with Gasteiger partial charge in [-0.2, -0.15) is 5.26 Å². The highest BCUT2D eigenvalue weighted by Gasteiger charge is 2.05. The van der Waals surface area contributed by atoms with Gasteiger partial charge in [0.15, 0.2) is 5.82 Å². The van der Waals surface area contributed by atoms with Crippen molar-refractivity contribution in [2.24, 2.45) is 0 Å². The number of nitriles is 1. The Labute approximate surface area is 87.7 Å². The molecule has 0 aliphatic carbocycles. The number of hydrogen-bond acceptors (Lipinski definition) is 2. The summed E-state index contributed by atoms with van der Waals surface area (Å²) >= 11 is 0. The number of allylic oxidation sites excluding steroid dienone is 4. The van der Waals surface area contributed by atoms with E-state index in [-0.39, 0.29) is 5.56 Å². The van der Waals surface area contributed by atoms with Crippen molar-refractivity contribution in [2.75, 3.05) is 0 Å². The Morgan fingerprint density at radius 3 is 2.80 bits per heavy atom. The monoisotopic (exact) mass is 200 g/mol. The third kappa shape index (κ3) is 2.38. The Bertz CT molecular complexity index is 467. The molecule has 0 saturated carbocycles. The molecule has 1 aromatic rings. The number of rotatable bonds is 3. The standard InChI is InChI=1S/C12H9FN2/c1-3-5-9(4-2)12-6-10(7-14)11(13)8-15-12/h3-6,8H,1-2H2/b9-5+. The van der Waals surface area contributed by atoms with E-state index in [2.05, 4.69) is 18.1 Å². The molecule has 0 atom stereocenters. The first-order valence-corrected chi connectivity index (χ1v) is 4.24. The second-order valence-corrected chi connectivity index (χ2v) is 2.72. The summed E-state index contributed by atoms with van der Waals surface area (Å²) in [5.74, 6) is -0.622. The van der Waals surface area contributed by atoms with Crippen molar-refractivity contribution in [2.45, 2.75) is 0 Å². The molecule has 3 heteroatoms. The Morgan fingerprint density at radius 1 is 1.53 bits per heavy atom. The van der Waals surface area contributed by atoms with E-state index in [1.807, 2.05) is 0 Å². The van der Waals surface area contributed by atoms with Crippen LogP contribution in [0.25, 0.3) is 5.57 Å². The van der Waals surface area contributed by atoms with Gasteiger partial charge in [-0.1, -0.05) is 31.4 Å². The number of nitrogens with zero attached hydrogens (tertiary/aromatic N) is 2. The van der Waals surface area contributed by atoms with Gasteiger partial charge in [0.2, 0.25) is 0 Å². The molecule has 0 bridgehead atoms. The van der Waals surface area contributed by atoms with E-state index in [9.17, 15) is 4.39 Å². The van der Waals surface area contributed by atoms with E-state index < -0.39 is 5.82 Å². The van der Waals surface area contributed by atoms with Crippen molar-refractivity contribution in [1.29, 1.82) is 5.26 Å². The summed E-state index contributed by atoms with van der Waals surface area (Å²) in [7, 11) is 0. The Balaban J connectivity index is 3.28. The fourth-order valence-electron chi connectivity index (χ4n) is 1.07. The van der Waals surface area contributed by atoms with Gasteiger partial charge in [0, 0.05) is 0 Å². The summed E-state index contributed by atoms with van der Waals surface area (Å²) in [6.07, 6.45) is 5.86. The first-order valence-electron chi connectivity index (χ1n) is 4.24. The molecule has 0 radical (unpaired) electrons. The lowest BCUT2D eigenvalue weighted by atomic mass is 10.1. The molecule has 1 rings (SSSR count). The zero-order valence-corrected chi connectivity index (χ0v) is 8.07. The summed E-state index contributed by atoms with van der Waals surface area (Å²) in [5, 5.41) is 8.64. The molecule has 0 N–H and O–H groups in total. The van der Waals surface area contributed by atoms with Gasteiger partial charge in [-0.05, 0) is 11.6 Å². The minimum atomic E-state index is -0.622. The quantitative estimate of drug-likeness (QED) is 0.703. The van der Waals surface area contributed by atoms with Crippen molar-refractivity contribution >= 4 is 5.57 Å². The summed E-state index contributed by atoms with van der Waals surface area (Å²) in [4.78, 5) is 3.86. The fourth-order valence-corrected chi connectivity index (χ4v) is 1.07. The summed E-state index contributed by atoms with van der Waals surface area (Å²) in [6, 6.07) is 3.14. The van der Waals surface area contributed by atoms with Crippen molar-refractivity contribution in [3.63, 3.8) is 0 Å². The molecule has 1 heterocycles. The molecule has 0 fully saturated rings. The van der Waals surface area contributed by atoms with Crippen LogP contribution in [0.5, 0.6) is 0 Å². The van der Waals surface area contributed by atoms with E-state index in [1.165, 1.54) is 6.07 Å². The van der Waals surface area contributed by atoms with Gasteiger partial charge in [0.05, 0.1) is 17.5 Å². The number of aromatic nitrogens is 1. The van der Waals surface area contributed by atoms with Crippen LogP contribution in [-0.4, -0.2) is 4.98 Å². The lowest BCUT2D eigenvalue weighted by Crippen LogP contribution is -1.92. The first kappa shape index (κ1) is 10.9. The maximum Gasteiger partial charge on any atom is 0.159 e.